The van der Waals surface area contributed by atoms with Crippen LogP contribution in [-0.2, 0) is 6.42 Å². The van der Waals surface area contributed by atoms with E-state index in [0.717, 1.165) is 49.6 Å². The molecule has 5 heteroatoms. The number of anilines is 2. The SMILES string of the molecule is CCCNc1ncnc(NCCC(C)O)c1CCC. The highest BCUT2D eigenvalue weighted by atomic mass is 16.3. The monoisotopic (exact) mass is 266 g/mol. The molecule has 3 N–H and O–H groups in total. The van der Waals surface area contributed by atoms with Crippen molar-refractivity contribution in [1.82, 2.24) is 9.97 Å². The molecule has 0 radical (unpaired) electrons. The normalized spacial score (nSPS) is 12.2. The summed E-state index contributed by atoms with van der Waals surface area (Å²) in [6.07, 6.45) is 5.08. The lowest BCUT2D eigenvalue weighted by atomic mass is 10.1. The van der Waals surface area contributed by atoms with Gasteiger partial charge in [0, 0.05) is 18.7 Å². The Morgan fingerprint density at radius 2 is 1.74 bits per heavy atom. The van der Waals surface area contributed by atoms with Gasteiger partial charge in [0.25, 0.3) is 0 Å². The molecule has 1 atom stereocenters. The van der Waals surface area contributed by atoms with Gasteiger partial charge in [-0.15, -0.1) is 0 Å². The van der Waals surface area contributed by atoms with Gasteiger partial charge in [-0.1, -0.05) is 20.3 Å². The highest BCUT2D eigenvalue weighted by Crippen LogP contribution is 2.21. The van der Waals surface area contributed by atoms with Gasteiger partial charge in [-0.25, -0.2) is 9.97 Å². The Balaban J connectivity index is 2.76. The number of aromatic nitrogens is 2. The summed E-state index contributed by atoms with van der Waals surface area (Å²) in [6, 6.07) is 0. The van der Waals surface area contributed by atoms with E-state index in [0.29, 0.717) is 6.42 Å². The Kier molecular flexibility index (Phi) is 7.18. The molecule has 0 bridgehead atoms. The smallest absolute Gasteiger partial charge is 0.134 e. The molecule has 0 fully saturated rings. The van der Waals surface area contributed by atoms with Crippen LogP contribution >= 0.6 is 0 Å². The second-order valence-electron chi connectivity index (χ2n) is 4.79. The van der Waals surface area contributed by atoms with Gasteiger partial charge in [0.1, 0.15) is 18.0 Å². The Labute approximate surface area is 115 Å². The fourth-order valence-corrected chi connectivity index (χ4v) is 1.85. The minimum Gasteiger partial charge on any atom is -0.393 e. The summed E-state index contributed by atoms with van der Waals surface area (Å²) in [7, 11) is 0. The standard InChI is InChI=1S/C14H26N4O/c1-4-6-12-13(15-8-5-2)17-10-18-14(12)16-9-7-11(3)19/h10-11,19H,4-9H2,1-3H3,(H2,15,16,17,18). The van der Waals surface area contributed by atoms with Crippen LogP contribution in [0.1, 0.15) is 45.6 Å². The topological polar surface area (TPSA) is 70.1 Å². The number of aliphatic hydroxyl groups excluding tert-OH is 1. The molecule has 0 saturated heterocycles. The molecule has 1 aromatic heterocycles. The van der Waals surface area contributed by atoms with Crippen molar-refractivity contribution in [2.24, 2.45) is 0 Å². The summed E-state index contributed by atoms with van der Waals surface area (Å²) in [5.41, 5.74) is 1.14. The first-order valence-electron chi connectivity index (χ1n) is 7.18. The van der Waals surface area contributed by atoms with Crippen LogP contribution in [0.15, 0.2) is 6.33 Å². The zero-order chi connectivity index (χ0) is 14.1. The molecule has 0 aliphatic carbocycles. The van der Waals surface area contributed by atoms with Crippen molar-refractivity contribution in [3.63, 3.8) is 0 Å². The first-order valence-corrected chi connectivity index (χ1v) is 7.18. The second kappa shape index (κ2) is 8.69. The van der Waals surface area contributed by atoms with Gasteiger partial charge >= 0.3 is 0 Å². The van der Waals surface area contributed by atoms with Gasteiger partial charge in [0.05, 0.1) is 6.10 Å². The van der Waals surface area contributed by atoms with Crippen molar-refractivity contribution < 1.29 is 5.11 Å². The number of nitrogens with one attached hydrogen (secondary N) is 2. The fraction of sp³-hybridized carbons (Fsp3) is 0.714. The lowest BCUT2D eigenvalue weighted by Crippen LogP contribution is -2.14. The van der Waals surface area contributed by atoms with Crippen molar-refractivity contribution in [2.45, 2.75) is 52.6 Å². The van der Waals surface area contributed by atoms with Crippen molar-refractivity contribution in [3.8, 4) is 0 Å². The summed E-state index contributed by atoms with van der Waals surface area (Å²) in [6.45, 7) is 7.72. The molecule has 1 rings (SSSR count). The summed E-state index contributed by atoms with van der Waals surface area (Å²) in [4.78, 5) is 8.65. The van der Waals surface area contributed by atoms with Crippen molar-refractivity contribution in [3.05, 3.63) is 11.9 Å². The van der Waals surface area contributed by atoms with E-state index in [-0.39, 0.29) is 6.10 Å². The average Bonchev–Trinajstić information content (AvgIpc) is 2.38. The van der Waals surface area contributed by atoms with Crippen molar-refractivity contribution in [1.29, 1.82) is 0 Å². The molecule has 1 unspecified atom stereocenters. The molecule has 19 heavy (non-hydrogen) atoms. The van der Waals surface area contributed by atoms with Crippen LogP contribution in [0.5, 0.6) is 0 Å². The van der Waals surface area contributed by atoms with Crippen LogP contribution in [0.3, 0.4) is 0 Å². The fourth-order valence-electron chi connectivity index (χ4n) is 1.85. The van der Waals surface area contributed by atoms with E-state index in [2.05, 4.69) is 34.4 Å². The van der Waals surface area contributed by atoms with Gasteiger partial charge in [-0.2, -0.15) is 0 Å². The Hall–Kier alpha value is -1.36. The summed E-state index contributed by atoms with van der Waals surface area (Å²) in [5.74, 6) is 1.81. The third-order valence-corrected chi connectivity index (χ3v) is 2.84. The van der Waals surface area contributed by atoms with Crippen molar-refractivity contribution >= 4 is 11.6 Å². The predicted molar refractivity (Wildman–Crippen MR) is 79.6 cm³/mol. The van der Waals surface area contributed by atoms with Gasteiger partial charge in [0.15, 0.2) is 0 Å². The van der Waals surface area contributed by atoms with E-state index in [9.17, 15) is 5.11 Å². The van der Waals surface area contributed by atoms with Crippen LogP contribution in [0.25, 0.3) is 0 Å². The maximum absolute atomic E-state index is 9.29. The van der Waals surface area contributed by atoms with Crippen LogP contribution in [0.2, 0.25) is 0 Å². The Morgan fingerprint density at radius 3 is 2.26 bits per heavy atom. The molecule has 0 saturated carbocycles. The molecular weight excluding hydrogens is 240 g/mol. The zero-order valence-electron chi connectivity index (χ0n) is 12.2. The van der Waals surface area contributed by atoms with Gasteiger partial charge in [0.2, 0.25) is 0 Å². The molecular formula is C14H26N4O. The molecule has 5 nitrogen and oxygen atoms in total. The number of hydrogen-bond acceptors (Lipinski definition) is 5. The Morgan fingerprint density at radius 1 is 1.11 bits per heavy atom. The summed E-state index contributed by atoms with van der Waals surface area (Å²) >= 11 is 0. The van der Waals surface area contributed by atoms with Gasteiger partial charge in [-0.05, 0) is 26.2 Å². The first kappa shape index (κ1) is 15.7. The lowest BCUT2D eigenvalue weighted by Gasteiger charge is -2.15. The van der Waals surface area contributed by atoms with E-state index < -0.39 is 0 Å². The van der Waals surface area contributed by atoms with Crippen LogP contribution in [-0.4, -0.2) is 34.3 Å². The molecule has 1 aromatic rings. The van der Waals surface area contributed by atoms with Crippen LogP contribution < -0.4 is 10.6 Å². The predicted octanol–water partition coefficient (Wildman–Crippen LogP) is 2.43. The van der Waals surface area contributed by atoms with E-state index in [1.165, 1.54) is 0 Å². The maximum atomic E-state index is 9.29. The highest BCUT2D eigenvalue weighted by molar-refractivity contribution is 5.57. The average molecular weight is 266 g/mol. The van der Waals surface area contributed by atoms with E-state index in [1.54, 1.807) is 13.3 Å². The third-order valence-electron chi connectivity index (χ3n) is 2.84. The summed E-state index contributed by atoms with van der Waals surface area (Å²) in [5, 5.41) is 15.9. The maximum Gasteiger partial charge on any atom is 0.134 e. The lowest BCUT2D eigenvalue weighted by molar-refractivity contribution is 0.188. The van der Waals surface area contributed by atoms with Gasteiger partial charge in [-0.3, -0.25) is 0 Å². The van der Waals surface area contributed by atoms with E-state index in [1.807, 2.05) is 0 Å². The minimum atomic E-state index is -0.290. The quantitative estimate of drug-likeness (QED) is 0.640. The summed E-state index contributed by atoms with van der Waals surface area (Å²) < 4.78 is 0. The van der Waals surface area contributed by atoms with E-state index in [4.69, 9.17) is 0 Å². The van der Waals surface area contributed by atoms with E-state index >= 15 is 0 Å². The minimum absolute atomic E-state index is 0.290. The molecule has 0 aromatic carbocycles. The number of rotatable bonds is 9. The van der Waals surface area contributed by atoms with Crippen LogP contribution in [0, 0.1) is 0 Å². The van der Waals surface area contributed by atoms with Crippen molar-refractivity contribution in [2.75, 3.05) is 23.7 Å². The van der Waals surface area contributed by atoms with Crippen LogP contribution in [0.4, 0.5) is 11.6 Å². The molecule has 0 amide bonds. The number of aliphatic hydroxyl groups is 1. The third kappa shape index (κ3) is 5.42. The van der Waals surface area contributed by atoms with Gasteiger partial charge < -0.3 is 15.7 Å². The second-order valence-corrected chi connectivity index (χ2v) is 4.79. The largest absolute Gasteiger partial charge is 0.393 e. The molecule has 0 spiro atoms. The first-order chi connectivity index (χ1) is 9.19. The zero-order valence-corrected chi connectivity index (χ0v) is 12.2. The Bertz CT molecular complexity index is 368. The molecule has 0 aliphatic rings. The molecule has 108 valence electrons. The number of nitrogens with zero attached hydrogens (tertiary/aromatic N) is 2. The molecule has 0 aliphatic heterocycles. The molecule has 1 heterocycles. The number of hydrogen-bond donors (Lipinski definition) is 3. The highest BCUT2D eigenvalue weighted by Gasteiger charge is 2.10.